The average Bonchev–Trinajstić information content (AvgIpc) is 2.76. The topological polar surface area (TPSA) is 154 Å². The van der Waals surface area contributed by atoms with E-state index in [4.69, 9.17) is 11.1 Å². The van der Waals surface area contributed by atoms with Crippen molar-refractivity contribution in [2.45, 2.75) is 11.8 Å². The molecular weight excluding hydrogens is 418 g/mol. The molecule has 6 N–H and O–H groups in total. The Bertz CT molecular complexity index is 1080. The van der Waals surface area contributed by atoms with Crippen LogP contribution in [0.3, 0.4) is 0 Å². The quantitative estimate of drug-likeness (QED) is 0.271. The third kappa shape index (κ3) is 7.36. The maximum absolute atomic E-state index is 12.2. The number of sulfonamides is 1. The zero-order valence-electron chi connectivity index (χ0n) is 17.0. The maximum Gasteiger partial charge on any atom is 0.251 e. The number of nitrogens with two attached hydrogens (primary N) is 1. The molecule has 0 fully saturated rings. The van der Waals surface area contributed by atoms with Crippen LogP contribution < -0.4 is 21.1 Å². The van der Waals surface area contributed by atoms with Gasteiger partial charge in [0.25, 0.3) is 5.91 Å². The largest absolute Gasteiger partial charge is 0.398 e. The van der Waals surface area contributed by atoms with Crippen molar-refractivity contribution >= 4 is 33.7 Å². The van der Waals surface area contributed by atoms with Gasteiger partial charge in [-0.15, -0.1) is 0 Å². The third-order valence-electron chi connectivity index (χ3n) is 4.21. The highest BCUT2D eigenvalue weighted by Crippen LogP contribution is 2.11. The van der Waals surface area contributed by atoms with E-state index in [9.17, 15) is 18.0 Å². The van der Waals surface area contributed by atoms with Crippen LogP contribution in [0.5, 0.6) is 0 Å². The molecule has 31 heavy (non-hydrogen) atoms. The highest BCUT2D eigenvalue weighted by atomic mass is 32.2. The second kappa shape index (κ2) is 11.0. The van der Waals surface area contributed by atoms with Gasteiger partial charge in [0.05, 0.1) is 11.4 Å². The SMILES string of the molecule is Cc1ccc(S(=O)(=O)NCC(=O)NCCNC(=O)c2cccc(C(N)=CC=N)c2)cc1. The molecule has 0 aliphatic rings. The van der Waals surface area contributed by atoms with Gasteiger partial charge in [0, 0.05) is 30.6 Å². The Morgan fingerprint density at radius 2 is 1.68 bits per heavy atom. The molecule has 2 rings (SSSR count). The van der Waals surface area contributed by atoms with Gasteiger partial charge in [-0.05, 0) is 42.8 Å². The number of allylic oxidation sites excluding steroid dienone is 1. The van der Waals surface area contributed by atoms with Crippen molar-refractivity contribution in [3.63, 3.8) is 0 Å². The van der Waals surface area contributed by atoms with Gasteiger partial charge in [-0.1, -0.05) is 29.8 Å². The predicted molar refractivity (Wildman–Crippen MR) is 119 cm³/mol. The lowest BCUT2D eigenvalue weighted by Crippen LogP contribution is -2.40. The van der Waals surface area contributed by atoms with E-state index in [2.05, 4.69) is 15.4 Å². The third-order valence-corrected chi connectivity index (χ3v) is 5.62. The lowest BCUT2D eigenvalue weighted by Gasteiger charge is -2.09. The van der Waals surface area contributed by atoms with Crippen LogP contribution in [0.4, 0.5) is 0 Å². The maximum atomic E-state index is 12.2. The summed E-state index contributed by atoms with van der Waals surface area (Å²) in [5.41, 5.74) is 8.11. The van der Waals surface area contributed by atoms with Crippen LogP contribution >= 0.6 is 0 Å². The first-order valence-corrected chi connectivity index (χ1v) is 10.9. The van der Waals surface area contributed by atoms with Crippen molar-refractivity contribution in [1.29, 1.82) is 5.41 Å². The number of nitrogens with one attached hydrogen (secondary N) is 4. The van der Waals surface area contributed by atoms with Crippen molar-refractivity contribution in [2.75, 3.05) is 19.6 Å². The lowest BCUT2D eigenvalue weighted by atomic mass is 10.1. The fourth-order valence-corrected chi connectivity index (χ4v) is 3.51. The van der Waals surface area contributed by atoms with E-state index in [-0.39, 0.29) is 23.9 Å². The summed E-state index contributed by atoms with van der Waals surface area (Å²) in [6.07, 6.45) is 2.48. The zero-order valence-corrected chi connectivity index (χ0v) is 17.8. The number of hydrogen-bond donors (Lipinski definition) is 5. The molecule has 2 aromatic carbocycles. The first-order chi connectivity index (χ1) is 14.7. The van der Waals surface area contributed by atoms with Crippen LogP contribution in [0.15, 0.2) is 59.5 Å². The van der Waals surface area contributed by atoms with E-state index in [0.29, 0.717) is 16.8 Å². The van der Waals surface area contributed by atoms with Crippen LogP contribution in [-0.4, -0.2) is 46.1 Å². The minimum absolute atomic E-state index is 0.0801. The Morgan fingerprint density at radius 1 is 1.03 bits per heavy atom. The van der Waals surface area contributed by atoms with Crippen molar-refractivity contribution in [3.8, 4) is 0 Å². The summed E-state index contributed by atoms with van der Waals surface area (Å²) in [4.78, 5) is 24.2. The molecule has 10 heteroatoms. The lowest BCUT2D eigenvalue weighted by molar-refractivity contribution is -0.119. The van der Waals surface area contributed by atoms with Gasteiger partial charge in [0.1, 0.15) is 0 Å². The molecule has 0 unspecified atom stereocenters. The Labute approximate surface area is 181 Å². The van der Waals surface area contributed by atoms with Crippen LogP contribution in [0.2, 0.25) is 0 Å². The van der Waals surface area contributed by atoms with Gasteiger partial charge in [-0.25, -0.2) is 13.1 Å². The fourth-order valence-electron chi connectivity index (χ4n) is 2.53. The summed E-state index contributed by atoms with van der Waals surface area (Å²) < 4.78 is 26.6. The van der Waals surface area contributed by atoms with Crippen LogP contribution in [-0.2, 0) is 14.8 Å². The Morgan fingerprint density at radius 3 is 2.35 bits per heavy atom. The monoisotopic (exact) mass is 443 g/mol. The van der Waals surface area contributed by atoms with Crippen LogP contribution in [0.1, 0.15) is 21.5 Å². The minimum Gasteiger partial charge on any atom is -0.398 e. The summed E-state index contributed by atoms with van der Waals surface area (Å²) in [7, 11) is -3.78. The van der Waals surface area contributed by atoms with Gasteiger partial charge in [-0.3, -0.25) is 9.59 Å². The van der Waals surface area contributed by atoms with E-state index in [1.54, 1.807) is 36.4 Å². The van der Waals surface area contributed by atoms with Gasteiger partial charge in [-0.2, -0.15) is 0 Å². The number of aryl methyl sites for hydroxylation is 1. The Kier molecular flexibility index (Phi) is 8.47. The molecule has 0 saturated carbocycles. The zero-order chi connectivity index (χ0) is 22.9. The molecule has 9 nitrogen and oxygen atoms in total. The summed E-state index contributed by atoms with van der Waals surface area (Å²) in [5, 5.41) is 12.2. The van der Waals surface area contributed by atoms with Crippen molar-refractivity contribution < 1.29 is 18.0 Å². The molecule has 0 aliphatic carbocycles. The number of hydrogen-bond acceptors (Lipinski definition) is 6. The summed E-state index contributed by atoms with van der Waals surface area (Å²) in [6, 6.07) is 12.9. The molecule has 0 bridgehead atoms. The second-order valence-corrected chi connectivity index (χ2v) is 8.38. The molecule has 0 heterocycles. The molecule has 0 aliphatic heterocycles. The van der Waals surface area contributed by atoms with Crippen molar-refractivity contribution in [2.24, 2.45) is 5.73 Å². The molecule has 164 valence electrons. The molecule has 0 saturated heterocycles. The summed E-state index contributed by atoms with van der Waals surface area (Å²) in [6.45, 7) is 1.72. The molecule has 0 atom stereocenters. The number of carbonyl (C=O) groups excluding carboxylic acids is 2. The smallest absolute Gasteiger partial charge is 0.251 e. The fraction of sp³-hybridized carbons (Fsp3) is 0.190. The van der Waals surface area contributed by atoms with E-state index in [0.717, 1.165) is 11.8 Å². The molecular formula is C21H25N5O4S. The highest BCUT2D eigenvalue weighted by molar-refractivity contribution is 7.89. The first kappa shape index (κ1) is 23.8. The molecule has 0 aromatic heterocycles. The van der Waals surface area contributed by atoms with Crippen LogP contribution in [0, 0.1) is 12.3 Å². The van der Waals surface area contributed by atoms with E-state index in [1.807, 2.05) is 6.92 Å². The number of amides is 2. The minimum atomic E-state index is -3.78. The normalized spacial score (nSPS) is 11.6. The van der Waals surface area contributed by atoms with E-state index < -0.39 is 22.5 Å². The van der Waals surface area contributed by atoms with Crippen molar-refractivity contribution in [1.82, 2.24) is 15.4 Å². The van der Waals surface area contributed by atoms with Gasteiger partial charge >= 0.3 is 0 Å². The predicted octanol–water partition coefficient (Wildman–Crippen LogP) is 0.769. The summed E-state index contributed by atoms with van der Waals surface area (Å²) in [5.74, 6) is -0.865. The highest BCUT2D eigenvalue weighted by Gasteiger charge is 2.15. The Balaban J connectivity index is 1.77. The molecule has 0 spiro atoms. The molecule has 2 amide bonds. The summed E-state index contributed by atoms with van der Waals surface area (Å²) >= 11 is 0. The van der Waals surface area contributed by atoms with E-state index >= 15 is 0 Å². The van der Waals surface area contributed by atoms with Gasteiger partial charge in [0.15, 0.2) is 0 Å². The Hall–Kier alpha value is -3.50. The second-order valence-electron chi connectivity index (χ2n) is 6.61. The van der Waals surface area contributed by atoms with Gasteiger partial charge < -0.3 is 21.8 Å². The standard InChI is InChI=1S/C21H25N5O4S/c1-15-5-7-18(8-6-15)31(29,30)26-14-20(27)24-11-12-25-21(28)17-4-2-3-16(13-17)19(23)9-10-22/h2-10,13,22,26H,11-12,14,23H2,1H3,(H,24,27)(H,25,28). The van der Waals surface area contributed by atoms with E-state index in [1.165, 1.54) is 18.2 Å². The van der Waals surface area contributed by atoms with Gasteiger partial charge in [0.2, 0.25) is 15.9 Å². The molecule has 2 aromatic rings. The first-order valence-electron chi connectivity index (χ1n) is 9.41. The number of rotatable bonds is 10. The average molecular weight is 444 g/mol. The van der Waals surface area contributed by atoms with Crippen molar-refractivity contribution in [3.05, 3.63) is 71.3 Å². The molecule has 0 radical (unpaired) electrons. The van der Waals surface area contributed by atoms with Crippen LogP contribution in [0.25, 0.3) is 5.70 Å². The number of carbonyl (C=O) groups is 2. The number of benzene rings is 2.